The molecule has 0 saturated heterocycles. The minimum Gasteiger partial charge on any atom is -0.492 e. The molecule has 0 aliphatic heterocycles. The van der Waals surface area contributed by atoms with Crippen molar-refractivity contribution in [2.24, 2.45) is 0 Å². The Morgan fingerprint density at radius 1 is 1.41 bits per heavy atom. The summed E-state index contributed by atoms with van der Waals surface area (Å²) in [6, 6.07) is 5.59. The molecule has 0 aliphatic carbocycles. The molecular formula is C12H19N3O2. The maximum absolute atomic E-state index is 10.7. The second kappa shape index (κ2) is 6.62. The number of hydrogen-bond donors (Lipinski definition) is 3. The lowest BCUT2D eigenvalue weighted by Gasteiger charge is -2.13. The number of rotatable bonds is 6. The van der Waals surface area contributed by atoms with Gasteiger partial charge in [-0.15, -0.1) is 0 Å². The zero-order chi connectivity index (χ0) is 12.7. The number of anilines is 2. The van der Waals surface area contributed by atoms with Crippen molar-refractivity contribution in [1.82, 2.24) is 5.32 Å². The van der Waals surface area contributed by atoms with Crippen LogP contribution in [0.5, 0.6) is 5.75 Å². The smallest absolute Gasteiger partial charge is 0.216 e. The highest BCUT2D eigenvalue weighted by molar-refractivity contribution is 5.74. The van der Waals surface area contributed by atoms with E-state index >= 15 is 0 Å². The highest BCUT2D eigenvalue weighted by atomic mass is 16.5. The number of ether oxygens (including phenoxy) is 1. The summed E-state index contributed by atoms with van der Waals surface area (Å²) in [6.07, 6.45) is 0. The standard InChI is InChI=1S/C12H19N3O2/c1-3-17-11-6-4-5-10(12(11)13)15-8-7-14-9(2)16/h4-6,15H,3,7-8,13H2,1-2H3,(H,14,16). The molecule has 1 aromatic carbocycles. The highest BCUT2D eigenvalue weighted by Gasteiger charge is 2.04. The summed E-state index contributed by atoms with van der Waals surface area (Å²) < 4.78 is 5.39. The van der Waals surface area contributed by atoms with Crippen LogP contribution in [-0.2, 0) is 4.79 Å². The van der Waals surface area contributed by atoms with Gasteiger partial charge in [0.05, 0.1) is 18.0 Å². The molecule has 0 aliphatic rings. The zero-order valence-corrected chi connectivity index (χ0v) is 10.2. The summed E-state index contributed by atoms with van der Waals surface area (Å²) in [5, 5.41) is 5.85. The molecule has 1 amide bonds. The number of nitrogens with two attached hydrogens (primary N) is 1. The fourth-order valence-corrected chi connectivity index (χ4v) is 1.42. The molecule has 5 heteroatoms. The number of nitrogen functional groups attached to an aromatic ring is 1. The van der Waals surface area contributed by atoms with Crippen molar-refractivity contribution in [3.63, 3.8) is 0 Å². The van der Waals surface area contributed by atoms with Gasteiger partial charge in [0.15, 0.2) is 0 Å². The third kappa shape index (κ3) is 4.22. The molecule has 5 nitrogen and oxygen atoms in total. The number of amides is 1. The monoisotopic (exact) mass is 237 g/mol. The minimum absolute atomic E-state index is 0.0390. The van der Waals surface area contributed by atoms with Gasteiger partial charge in [-0.3, -0.25) is 4.79 Å². The summed E-state index contributed by atoms with van der Waals surface area (Å²) in [5.74, 6) is 0.639. The first-order valence-corrected chi connectivity index (χ1v) is 5.64. The molecule has 1 aromatic rings. The predicted molar refractivity (Wildman–Crippen MR) is 69.2 cm³/mol. The van der Waals surface area contributed by atoms with E-state index in [9.17, 15) is 4.79 Å². The van der Waals surface area contributed by atoms with E-state index in [0.29, 0.717) is 31.1 Å². The van der Waals surface area contributed by atoms with Crippen molar-refractivity contribution >= 4 is 17.3 Å². The maximum atomic E-state index is 10.7. The summed E-state index contributed by atoms with van der Waals surface area (Å²) in [5.41, 5.74) is 7.35. The van der Waals surface area contributed by atoms with Crippen LogP contribution < -0.4 is 21.1 Å². The molecule has 17 heavy (non-hydrogen) atoms. The van der Waals surface area contributed by atoms with Crippen molar-refractivity contribution in [2.75, 3.05) is 30.7 Å². The Balaban J connectivity index is 2.53. The van der Waals surface area contributed by atoms with Crippen molar-refractivity contribution in [3.05, 3.63) is 18.2 Å². The van der Waals surface area contributed by atoms with Gasteiger partial charge < -0.3 is 21.1 Å². The van der Waals surface area contributed by atoms with E-state index in [1.165, 1.54) is 6.92 Å². The van der Waals surface area contributed by atoms with Gasteiger partial charge in [-0.1, -0.05) is 6.07 Å². The zero-order valence-electron chi connectivity index (χ0n) is 10.2. The quantitative estimate of drug-likeness (QED) is 0.513. The highest BCUT2D eigenvalue weighted by Crippen LogP contribution is 2.28. The normalized spacial score (nSPS) is 9.76. The first-order valence-electron chi connectivity index (χ1n) is 5.64. The van der Waals surface area contributed by atoms with Gasteiger partial charge in [-0.25, -0.2) is 0 Å². The molecule has 0 unspecified atom stereocenters. The van der Waals surface area contributed by atoms with E-state index < -0.39 is 0 Å². The Hall–Kier alpha value is -1.91. The fraction of sp³-hybridized carbons (Fsp3) is 0.417. The minimum atomic E-state index is -0.0390. The number of hydrogen-bond acceptors (Lipinski definition) is 4. The second-order valence-corrected chi connectivity index (χ2v) is 3.56. The number of carbonyl (C=O) groups is 1. The van der Waals surface area contributed by atoms with E-state index in [1.807, 2.05) is 25.1 Å². The average Bonchev–Trinajstić information content (AvgIpc) is 2.29. The Bertz CT molecular complexity index is 380. The second-order valence-electron chi connectivity index (χ2n) is 3.56. The molecule has 0 radical (unpaired) electrons. The summed E-state index contributed by atoms with van der Waals surface area (Å²) in [7, 11) is 0. The van der Waals surface area contributed by atoms with Crippen LogP contribution in [-0.4, -0.2) is 25.6 Å². The maximum Gasteiger partial charge on any atom is 0.216 e. The first-order chi connectivity index (χ1) is 8.15. The molecule has 4 N–H and O–H groups in total. The molecule has 94 valence electrons. The van der Waals surface area contributed by atoms with Crippen LogP contribution in [0.15, 0.2) is 18.2 Å². The number of benzene rings is 1. The van der Waals surface area contributed by atoms with Crippen molar-refractivity contribution in [1.29, 1.82) is 0 Å². The van der Waals surface area contributed by atoms with Gasteiger partial charge in [0, 0.05) is 20.0 Å². The van der Waals surface area contributed by atoms with E-state index in [1.54, 1.807) is 0 Å². The van der Waals surface area contributed by atoms with Gasteiger partial charge in [-0.05, 0) is 19.1 Å². The van der Waals surface area contributed by atoms with Gasteiger partial charge in [-0.2, -0.15) is 0 Å². The number of carbonyl (C=O) groups excluding carboxylic acids is 1. The number of para-hydroxylation sites is 1. The van der Waals surface area contributed by atoms with E-state index in [-0.39, 0.29) is 5.91 Å². The predicted octanol–water partition coefficient (Wildman–Crippen LogP) is 1.22. The van der Waals surface area contributed by atoms with Crippen molar-refractivity contribution < 1.29 is 9.53 Å². The van der Waals surface area contributed by atoms with Crippen molar-refractivity contribution in [3.8, 4) is 5.75 Å². The van der Waals surface area contributed by atoms with Crippen LogP contribution in [0, 0.1) is 0 Å². The molecular weight excluding hydrogens is 218 g/mol. The Morgan fingerprint density at radius 3 is 2.82 bits per heavy atom. The van der Waals surface area contributed by atoms with Gasteiger partial charge in [0.1, 0.15) is 5.75 Å². The summed E-state index contributed by atoms with van der Waals surface area (Å²) >= 11 is 0. The summed E-state index contributed by atoms with van der Waals surface area (Å²) in [6.45, 7) is 5.17. The van der Waals surface area contributed by atoms with Crippen LogP contribution in [0.1, 0.15) is 13.8 Å². The van der Waals surface area contributed by atoms with E-state index in [4.69, 9.17) is 10.5 Å². The van der Waals surface area contributed by atoms with Crippen LogP contribution >= 0.6 is 0 Å². The van der Waals surface area contributed by atoms with Gasteiger partial charge >= 0.3 is 0 Å². The summed E-state index contributed by atoms with van der Waals surface area (Å²) in [4.78, 5) is 10.7. The Labute approximate surface area is 101 Å². The average molecular weight is 237 g/mol. The molecule has 0 saturated carbocycles. The topological polar surface area (TPSA) is 76.4 Å². The third-order valence-electron chi connectivity index (χ3n) is 2.18. The Kier molecular flexibility index (Phi) is 5.13. The van der Waals surface area contributed by atoms with Crippen LogP contribution in [0.2, 0.25) is 0 Å². The molecule has 0 heterocycles. The SMILES string of the molecule is CCOc1cccc(NCCNC(C)=O)c1N. The lowest BCUT2D eigenvalue weighted by atomic mass is 10.2. The van der Waals surface area contributed by atoms with Crippen LogP contribution in [0.25, 0.3) is 0 Å². The fourth-order valence-electron chi connectivity index (χ4n) is 1.42. The van der Waals surface area contributed by atoms with E-state index in [0.717, 1.165) is 5.69 Å². The lowest BCUT2D eigenvalue weighted by molar-refractivity contribution is -0.118. The lowest BCUT2D eigenvalue weighted by Crippen LogP contribution is -2.26. The molecule has 0 bridgehead atoms. The van der Waals surface area contributed by atoms with Gasteiger partial charge in [0.2, 0.25) is 5.91 Å². The van der Waals surface area contributed by atoms with Gasteiger partial charge in [0.25, 0.3) is 0 Å². The molecule has 1 rings (SSSR count). The molecule has 0 aromatic heterocycles. The van der Waals surface area contributed by atoms with E-state index in [2.05, 4.69) is 10.6 Å². The van der Waals surface area contributed by atoms with Crippen LogP contribution in [0.3, 0.4) is 0 Å². The Morgan fingerprint density at radius 2 is 2.18 bits per heavy atom. The molecule has 0 fully saturated rings. The van der Waals surface area contributed by atoms with Crippen LogP contribution in [0.4, 0.5) is 11.4 Å². The third-order valence-corrected chi connectivity index (χ3v) is 2.18. The largest absolute Gasteiger partial charge is 0.492 e. The molecule has 0 atom stereocenters. The first kappa shape index (κ1) is 13.2. The number of nitrogens with one attached hydrogen (secondary N) is 2. The van der Waals surface area contributed by atoms with Crippen molar-refractivity contribution in [2.45, 2.75) is 13.8 Å². The molecule has 0 spiro atoms.